The maximum atomic E-state index is 12.4. The van der Waals surface area contributed by atoms with Crippen LogP contribution in [0.15, 0.2) is 47.5 Å². The number of ether oxygens (including phenoxy) is 1. The zero-order valence-electron chi connectivity index (χ0n) is 15.0. The molecule has 3 aromatic rings. The predicted octanol–water partition coefficient (Wildman–Crippen LogP) is 2.89. The molecule has 28 heavy (non-hydrogen) atoms. The third kappa shape index (κ3) is 3.86. The van der Waals surface area contributed by atoms with Crippen LogP contribution in [0.25, 0.3) is 0 Å². The lowest BCUT2D eigenvalue weighted by Crippen LogP contribution is -2.25. The number of H-pyrrole nitrogens is 2. The largest absolute Gasteiger partial charge is 0.440 e. The van der Waals surface area contributed by atoms with Gasteiger partial charge in [0.05, 0.1) is 5.56 Å². The number of hydrogen-bond acceptors (Lipinski definition) is 5. The first-order valence-corrected chi connectivity index (χ1v) is 9.34. The van der Waals surface area contributed by atoms with E-state index in [4.69, 9.17) is 17.0 Å². The van der Waals surface area contributed by atoms with Crippen LogP contribution in [-0.4, -0.2) is 27.4 Å². The third-order valence-electron chi connectivity index (χ3n) is 4.55. The van der Waals surface area contributed by atoms with Crippen molar-refractivity contribution in [1.29, 1.82) is 0 Å². The van der Waals surface area contributed by atoms with Gasteiger partial charge in [-0.05, 0) is 54.9 Å². The van der Waals surface area contributed by atoms with Gasteiger partial charge in [0.25, 0.3) is 11.5 Å². The van der Waals surface area contributed by atoms with Crippen molar-refractivity contribution < 1.29 is 9.53 Å². The molecule has 0 aliphatic carbocycles. The second kappa shape index (κ2) is 7.77. The van der Waals surface area contributed by atoms with Crippen LogP contribution >= 0.6 is 12.2 Å². The Morgan fingerprint density at radius 2 is 2.18 bits per heavy atom. The van der Waals surface area contributed by atoms with E-state index in [0.717, 1.165) is 24.0 Å². The summed E-state index contributed by atoms with van der Waals surface area (Å²) in [6, 6.07) is 9.13. The first kappa shape index (κ1) is 18.1. The van der Waals surface area contributed by atoms with Crippen LogP contribution in [0.1, 0.15) is 33.5 Å². The molecule has 0 spiro atoms. The van der Waals surface area contributed by atoms with Crippen LogP contribution in [0.2, 0.25) is 0 Å². The first-order chi connectivity index (χ1) is 13.6. The molecule has 1 aromatic carbocycles. The average molecular weight is 394 g/mol. The molecule has 2 aromatic heterocycles. The fourth-order valence-corrected chi connectivity index (χ4v) is 3.33. The van der Waals surface area contributed by atoms with Crippen LogP contribution in [0.3, 0.4) is 0 Å². The number of nitrogens with one attached hydrogen (secondary N) is 3. The van der Waals surface area contributed by atoms with Crippen LogP contribution in [0, 0.1) is 4.77 Å². The number of aryl methyl sites for hydroxylation is 1. The van der Waals surface area contributed by atoms with E-state index in [1.54, 1.807) is 24.4 Å². The molecule has 1 aliphatic rings. The quantitative estimate of drug-likeness (QED) is 0.357. The summed E-state index contributed by atoms with van der Waals surface area (Å²) in [6.07, 6.45) is 5.62. The molecule has 1 amide bonds. The number of benzene rings is 1. The lowest BCUT2D eigenvalue weighted by Gasteiger charge is -2.19. The first-order valence-electron chi connectivity index (χ1n) is 8.93. The highest BCUT2D eigenvalue weighted by atomic mass is 32.1. The molecule has 142 valence electrons. The maximum Gasteiger partial charge on any atom is 0.259 e. The number of amides is 1. The summed E-state index contributed by atoms with van der Waals surface area (Å²) in [5.41, 5.74) is 2.65. The van der Waals surface area contributed by atoms with Crippen molar-refractivity contribution in [2.75, 3.05) is 6.54 Å². The molecule has 0 atom stereocenters. The molecule has 0 unspecified atom stereocenters. The summed E-state index contributed by atoms with van der Waals surface area (Å²) >= 11 is 4.97. The average Bonchev–Trinajstić information content (AvgIpc) is 2.70. The molecule has 0 saturated carbocycles. The van der Waals surface area contributed by atoms with E-state index < -0.39 is 0 Å². The Morgan fingerprint density at radius 3 is 3.00 bits per heavy atom. The monoisotopic (exact) mass is 394 g/mol. The minimum atomic E-state index is -0.283. The molecule has 4 rings (SSSR count). The lowest BCUT2D eigenvalue weighted by atomic mass is 10.0. The minimum Gasteiger partial charge on any atom is -0.440 e. The second-order valence-electron chi connectivity index (χ2n) is 6.54. The SMILES string of the molecule is O=C(NCCCc1cccnc1)c1ccc2c(c1)Cc1c([nH]c(=S)[nH]c1=O)O2. The molecule has 1 aliphatic heterocycles. The molecule has 3 N–H and O–H groups in total. The molecule has 3 heterocycles. The number of fused-ring (bicyclic) bond motifs is 2. The number of carbonyl (C=O) groups excluding carboxylic acids is 1. The van der Waals surface area contributed by atoms with Gasteiger partial charge in [-0.15, -0.1) is 0 Å². The van der Waals surface area contributed by atoms with Gasteiger partial charge >= 0.3 is 0 Å². The zero-order valence-corrected chi connectivity index (χ0v) is 15.8. The summed E-state index contributed by atoms with van der Waals surface area (Å²) < 4.78 is 5.96. The summed E-state index contributed by atoms with van der Waals surface area (Å²) in [4.78, 5) is 34.0. The number of carbonyl (C=O) groups is 1. The van der Waals surface area contributed by atoms with E-state index in [0.29, 0.717) is 35.7 Å². The van der Waals surface area contributed by atoms with Gasteiger partial charge in [-0.3, -0.25) is 19.6 Å². The fourth-order valence-electron chi connectivity index (χ4n) is 3.14. The second-order valence-corrected chi connectivity index (χ2v) is 6.95. The van der Waals surface area contributed by atoms with Crippen LogP contribution in [-0.2, 0) is 12.8 Å². The van der Waals surface area contributed by atoms with Crippen molar-refractivity contribution in [3.63, 3.8) is 0 Å². The number of nitrogens with zero attached hydrogens (tertiary/aromatic N) is 1. The van der Waals surface area contributed by atoms with Gasteiger partial charge in [-0.2, -0.15) is 0 Å². The van der Waals surface area contributed by atoms with Gasteiger partial charge in [-0.1, -0.05) is 6.07 Å². The van der Waals surface area contributed by atoms with Crippen LogP contribution < -0.4 is 15.6 Å². The lowest BCUT2D eigenvalue weighted by molar-refractivity contribution is 0.0953. The van der Waals surface area contributed by atoms with Crippen molar-refractivity contribution in [1.82, 2.24) is 20.3 Å². The van der Waals surface area contributed by atoms with Crippen molar-refractivity contribution in [3.8, 4) is 11.6 Å². The van der Waals surface area contributed by atoms with Gasteiger partial charge in [0.15, 0.2) is 4.77 Å². The molecular formula is C20H18N4O3S. The molecule has 7 nitrogen and oxygen atoms in total. The van der Waals surface area contributed by atoms with Gasteiger partial charge in [0, 0.05) is 36.5 Å². The molecule has 0 radical (unpaired) electrons. The maximum absolute atomic E-state index is 12.4. The topological polar surface area (TPSA) is 99.9 Å². The van der Waals surface area contributed by atoms with E-state index in [2.05, 4.69) is 20.3 Å². The Kier molecular flexibility index (Phi) is 5.03. The summed E-state index contributed by atoms with van der Waals surface area (Å²) in [6.45, 7) is 0.570. The van der Waals surface area contributed by atoms with E-state index in [9.17, 15) is 9.59 Å². The number of aromatic nitrogens is 3. The molecule has 0 saturated heterocycles. The normalized spacial score (nSPS) is 11.9. The highest BCUT2D eigenvalue weighted by molar-refractivity contribution is 7.71. The standard InChI is InChI=1S/C20H18N4O3S/c25-17(22-8-2-4-12-3-1-7-21-11-12)13-5-6-16-14(9-13)10-15-18(26)23-20(28)24-19(15)27-16/h1,3,5-7,9,11H,2,4,8,10H2,(H,22,25)(H2,23,24,26,28). The third-order valence-corrected chi connectivity index (χ3v) is 4.76. The molecule has 0 bridgehead atoms. The number of aromatic amines is 2. The van der Waals surface area contributed by atoms with Gasteiger partial charge in [0.2, 0.25) is 5.88 Å². The Morgan fingerprint density at radius 1 is 1.29 bits per heavy atom. The van der Waals surface area contributed by atoms with Crippen molar-refractivity contribution in [2.45, 2.75) is 19.3 Å². The van der Waals surface area contributed by atoms with Gasteiger partial charge in [-0.25, -0.2) is 0 Å². The Bertz CT molecular complexity index is 1140. The van der Waals surface area contributed by atoms with Crippen molar-refractivity contribution in [3.05, 3.63) is 80.1 Å². The van der Waals surface area contributed by atoms with Gasteiger partial charge < -0.3 is 15.0 Å². The molecule has 0 fully saturated rings. The van der Waals surface area contributed by atoms with Crippen molar-refractivity contribution >= 4 is 18.1 Å². The number of rotatable bonds is 5. The Hall–Kier alpha value is -3.26. The smallest absolute Gasteiger partial charge is 0.259 e. The summed E-state index contributed by atoms with van der Waals surface area (Å²) in [5.74, 6) is 0.812. The summed E-state index contributed by atoms with van der Waals surface area (Å²) in [7, 11) is 0. The van der Waals surface area contributed by atoms with Crippen LogP contribution in [0.4, 0.5) is 0 Å². The Labute approximate surface area is 165 Å². The van der Waals surface area contributed by atoms with Gasteiger partial charge in [0.1, 0.15) is 5.75 Å². The fraction of sp³-hybridized carbons (Fsp3) is 0.200. The van der Waals surface area contributed by atoms with E-state index in [1.165, 1.54) is 0 Å². The highest BCUT2D eigenvalue weighted by Gasteiger charge is 2.21. The molecule has 8 heteroatoms. The predicted molar refractivity (Wildman–Crippen MR) is 106 cm³/mol. The van der Waals surface area contributed by atoms with E-state index in [-0.39, 0.29) is 16.2 Å². The summed E-state index contributed by atoms with van der Waals surface area (Å²) in [5, 5.41) is 2.93. The minimum absolute atomic E-state index is 0.152. The van der Waals surface area contributed by atoms with Crippen molar-refractivity contribution in [2.24, 2.45) is 0 Å². The molecular weight excluding hydrogens is 376 g/mol. The van der Waals surface area contributed by atoms with Crippen LogP contribution in [0.5, 0.6) is 11.6 Å². The van der Waals surface area contributed by atoms with E-state index in [1.807, 2.05) is 18.3 Å². The highest BCUT2D eigenvalue weighted by Crippen LogP contribution is 2.33. The number of pyridine rings is 1. The van der Waals surface area contributed by atoms with E-state index >= 15 is 0 Å². The number of hydrogen-bond donors (Lipinski definition) is 3. The zero-order chi connectivity index (χ0) is 19.5. The Balaban J connectivity index is 1.41.